The number of H-pyrrole nitrogens is 1. The van der Waals surface area contributed by atoms with Crippen LogP contribution in [0.3, 0.4) is 0 Å². The van der Waals surface area contributed by atoms with Crippen LogP contribution in [0.15, 0.2) is 18.2 Å². The van der Waals surface area contributed by atoms with E-state index < -0.39 is 0 Å². The van der Waals surface area contributed by atoms with Crippen LogP contribution in [0.4, 0.5) is 5.82 Å². The number of nitrogens with one attached hydrogen (secondary N) is 1. The van der Waals surface area contributed by atoms with E-state index in [1.54, 1.807) is 13.2 Å². The summed E-state index contributed by atoms with van der Waals surface area (Å²) in [6.45, 7) is 0. The molecule has 1 aromatic carbocycles. The molecule has 2 rings (SSSR count). The van der Waals surface area contributed by atoms with Crippen LogP contribution in [-0.2, 0) is 0 Å². The van der Waals surface area contributed by atoms with E-state index in [0.29, 0.717) is 16.6 Å². The number of fused-ring (bicyclic) bond motifs is 1. The van der Waals surface area contributed by atoms with Gasteiger partial charge < -0.3 is 15.5 Å². The Labute approximate surface area is 80.4 Å². The standard InChI is InChI=1S/C9H9ClN2O/c1-13-7-4-6(10)2-5-3-8(11)12-9(5)7/h2-4,12H,11H2,1H3. The van der Waals surface area contributed by atoms with Crippen LogP contribution in [0.1, 0.15) is 0 Å². The molecule has 2 aromatic rings. The van der Waals surface area contributed by atoms with Crippen LogP contribution in [0, 0.1) is 0 Å². The first-order valence-electron chi connectivity index (χ1n) is 3.82. The Morgan fingerprint density at radius 1 is 1.38 bits per heavy atom. The molecular formula is C9H9ClN2O. The number of aromatic nitrogens is 1. The number of halogens is 1. The van der Waals surface area contributed by atoms with Gasteiger partial charge in [0.15, 0.2) is 0 Å². The fourth-order valence-corrected chi connectivity index (χ4v) is 1.58. The molecule has 0 aliphatic heterocycles. The zero-order valence-corrected chi connectivity index (χ0v) is 7.85. The van der Waals surface area contributed by atoms with Crippen molar-refractivity contribution in [1.82, 2.24) is 4.98 Å². The highest BCUT2D eigenvalue weighted by Gasteiger charge is 2.05. The molecule has 0 aliphatic rings. The Bertz CT molecular complexity index is 450. The van der Waals surface area contributed by atoms with E-state index in [1.165, 1.54) is 0 Å². The van der Waals surface area contributed by atoms with Crippen molar-refractivity contribution in [2.45, 2.75) is 0 Å². The first-order chi connectivity index (χ1) is 6.20. The van der Waals surface area contributed by atoms with Gasteiger partial charge >= 0.3 is 0 Å². The van der Waals surface area contributed by atoms with Crippen molar-refractivity contribution in [3.05, 3.63) is 23.2 Å². The van der Waals surface area contributed by atoms with E-state index in [9.17, 15) is 0 Å². The molecule has 0 fully saturated rings. The lowest BCUT2D eigenvalue weighted by atomic mass is 10.2. The third kappa shape index (κ3) is 1.31. The van der Waals surface area contributed by atoms with Crippen molar-refractivity contribution < 1.29 is 4.74 Å². The van der Waals surface area contributed by atoms with Gasteiger partial charge in [0.2, 0.25) is 0 Å². The first kappa shape index (κ1) is 8.26. The number of nitrogen functional groups attached to an aromatic ring is 1. The van der Waals surface area contributed by atoms with Crippen molar-refractivity contribution in [1.29, 1.82) is 0 Å². The van der Waals surface area contributed by atoms with E-state index in [4.69, 9.17) is 22.1 Å². The van der Waals surface area contributed by atoms with E-state index >= 15 is 0 Å². The van der Waals surface area contributed by atoms with Gasteiger partial charge in [-0.05, 0) is 12.1 Å². The fourth-order valence-electron chi connectivity index (χ4n) is 1.36. The smallest absolute Gasteiger partial charge is 0.144 e. The Kier molecular flexibility index (Phi) is 1.81. The summed E-state index contributed by atoms with van der Waals surface area (Å²) in [5, 5.41) is 1.60. The maximum absolute atomic E-state index is 5.88. The lowest BCUT2D eigenvalue weighted by Gasteiger charge is -2.01. The van der Waals surface area contributed by atoms with E-state index in [1.807, 2.05) is 12.1 Å². The second-order valence-electron chi connectivity index (χ2n) is 2.80. The van der Waals surface area contributed by atoms with Gasteiger partial charge in [0.1, 0.15) is 11.6 Å². The number of benzene rings is 1. The summed E-state index contributed by atoms with van der Waals surface area (Å²) in [6.07, 6.45) is 0. The average Bonchev–Trinajstić information content (AvgIpc) is 2.43. The quantitative estimate of drug-likeness (QED) is 0.736. The Morgan fingerprint density at radius 2 is 2.15 bits per heavy atom. The lowest BCUT2D eigenvalue weighted by Crippen LogP contribution is -1.85. The van der Waals surface area contributed by atoms with Crippen molar-refractivity contribution in [3.8, 4) is 5.75 Å². The minimum absolute atomic E-state index is 0.607. The number of nitrogens with two attached hydrogens (primary N) is 1. The monoisotopic (exact) mass is 196 g/mol. The van der Waals surface area contributed by atoms with Crippen LogP contribution >= 0.6 is 11.6 Å². The van der Waals surface area contributed by atoms with Gasteiger partial charge in [0.25, 0.3) is 0 Å². The van der Waals surface area contributed by atoms with E-state index in [-0.39, 0.29) is 0 Å². The van der Waals surface area contributed by atoms with Crippen LogP contribution in [0.2, 0.25) is 5.02 Å². The molecule has 0 aliphatic carbocycles. The summed E-state index contributed by atoms with van der Waals surface area (Å²) in [6, 6.07) is 5.41. The molecule has 0 atom stereocenters. The molecule has 3 N–H and O–H groups in total. The number of anilines is 1. The molecule has 0 bridgehead atoms. The molecule has 0 saturated heterocycles. The van der Waals surface area contributed by atoms with Crippen LogP contribution in [0.5, 0.6) is 5.75 Å². The van der Waals surface area contributed by atoms with Crippen molar-refractivity contribution in [2.75, 3.05) is 12.8 Å². The summed E-state index contributed by atoms with van der Waals surface area (Å²) in [5.41, 5.74) is 6.49. The van der Waals surface area contributed by atoms with E-state index in [2.05, 4.69) is 4.98 Å². The second kappa shape index (κ2) is 2.85. The van der Waals surface area contributed by atoms with Gasteiger partial charge in [-0.2, -0.15) is 0 Å². The van der Waals surface area contributed by atoms with Gasteiger partial charge in [0.05, 0.1) is 12.6 Å². The summed E-state index contributed by atoms with van der Waals surface area (Å²) in [5.74, 6) is 1.31. The normalized spacial score (nSPS) is 10.6. The summed E-state index contributed by atoms with van der Waals surface area (Å²) in [4.78, 5) is 3.00. The van der Waals surface area contributed by atoms with Gasteiger partial charge in [-0.1, -0.05) is 11.6 Å². The maximum atomic E-state index is 5.88. The van der Waals surface area contributed by atoms with Crippen LogP contribution in [-0.4, -0.2) is 12.1 Å². The molecule has 1 heterocycles. The zero-order valence-electron chi connectivity index (χ0n) is 7.10. The Balaban J connectivity index is 2.80. The predicted octanol–water partition coefficient (Wildman–Crippen LogP) is 2.41. The number of ether oxygens (including phenoxy) is 1. The van der Waals surface area contributed by atoms with Crippen LogP contribution in [0.25, 0.3) is 10.9 Å². The lowest BCUT2D eigenvalue weighted by molar-refractivity contribution is 0.419. The third-order valence-corrected chi connectivity index (χ3v) is 2.12. The molecule has 4 heteroatoms. The molecular weight excluding hydrogens is 188 g/mol. The average molecular weight is 197 g/mol. The van der Waals surface area contributed by atoms with Crippen molar-refractivity contribution in [3.63, 3.8) is 0 Å². The highest BCUT2D eigenvalue weighted by atomic mass is 35.5. The number of methoxy groups -OCH3 is 1. The van der Waals surface area contributed by atoms with Crippen LogP contribution < -0.4 is 10.5 Å². The molecule has 0 spiro atoms. The SMILES string of the molecule is COc1cc(Cl)cc2cc(N)[nH]c12. The van der Waals surface area contributed by atoms with Gasteiger partial charge in [-0.15, -0.1) is 0 Å². The molecule has 1 aromatic heterocycles. The van der Waals surface area contributed by atoms with Crippen molar-refractivity contribution in [2.24, 2.45) is 0 Å². The second-order valence-corrected chi connectivity index (χ2v) is 3.23. The molecule has 13 heavy (non-hydrogen) atoms. The maximum Gasteiger partial charge on any atom is 0.144 e. The first-order valence-corrected chi connectivity index (χ1v) is 4.20. The van der Waals surface area contributed by atoms with Crippen molar-refractivity contribution >= 4 is 28.3 Å². The summed E-state index contributed by atoms with van der Waals surface area (Å²) >= 11 is 5.88. The minimum atomic E-state index is 0.607. The topological polar surface area (TPSA) is 51.0 Å². The number of aromatic amines is 1. The molecule has 0 unspecified atom stereocenters. The highest BCUT2D eigenvalue weighted by Crippen LogP contribution is 2.30. The highest BCUT2D eigenvalue weighted by molar-refractivity contribution is 6.31. The minimum Gasteiger partial charge on any atom is -0.495 e. The Hall–Kier alpha value is -1.35. The predicted molar refractivity (Wildman–Crippen MR) is 54.3 cm³/mol. The molecule has 68 valence electrons. The molecule has 0 amide bonds. The van der Waals surface area contributed by atoms with Gasteiger partial charge in [0, 0.05) is 16.5 Å². The number of hydrogen-bond donors (Lipinski definition) is 2. The summed E-state index contributed by atoms with van der Waals surface area (Å²) < 4.78 is 5.15. The molecule has 0 saturated carbocycles. The summed E-state index contributed by atoms with van der Waals surface area (Å²) in [7, 11) is 1.60. The molecule has 3 nitrogen and oxygen atoms in total. The zero-order chi connectivity index (χ0) is 9.42. The molecule has 0 radical (unpaired) electrons. The number of hydrogen-bond acceptors (Lipinski definition) is 2. The van der Waals surface area contributed by atoms with Gasteiger partial charge in [-0.25, -0.2) is 0 Å². The fraction of sp³-hybridized carbons (Fsp3) is 0.111. The third-order valence-electron chi connectivity index (χ3n) is 1.90. The van der Waals surface area contributed by atoms with E-state index in [0.717, 1.165) is 10.9 Å². The van der Waals surface area contributed by atoms with Gasteiger partial charge in [-0.3, -0.25) is 0 Å². The largest absolute Gasteiger partial charge is 0.495 e. The Morgan fingerprint density at radius 3 is 2.85 bits per heavy atom. The number of rotatable bonds is 1.